The molecule has 1 radical (unpaired) electrons. The summed E-state index contributed by atoms with van der Waals surface area (Å²) < 4.78 is 0. The van der Waals surface area contributed by atoms with Crippen LogP contribution in [-0.4, -0.2) is 0 Å². The maximum Gasteiger partial charge on any atom is -0.0355 e. The molecule has 0 saturated heterocycles. The van der Waals surface area contributed by atoms with E-state index in [4.69, 9.17) is 0 Å². The Morgan fingerprint density at radius 3 is 2.60 bits per heavy atom. The zero-order valence-corrected chi connectivity index (χ0v) is 6.84. The molecule has 10 heavy (non-hydrogen) atoms. The number of hydrogen-bond acceptors (Lipinski definition) is 0. The zero-order chi connectivity index (χ0) is 6.97. The second kappa shape index (κ2) is 2.56. The lowest BCUT2D eigenvalue weighted by Gasteiger charge is -1.95. The standard InChI is InChI=1S/C10H17/c1-8-7-10(8)4-2-3-9-5-6-9/h3,8-10H,2,4-7H2,1H3. The summed E-state index contributed by atoms with van der Waals surface area (Å²) in [6.45, 7) is 2.38. The van der Waals surface area contributed by atoms with E-state index in [0.717, 1.165) is 17.8 Å². The summed E-state index contributed by atoms with van der Waals surface area (Å²) in [4.78, 5) is 0. The molecule has 0 aromatic carbocycles. The van der Waals surface area contributed by atoms with E-state index in [0.29, 0.717) is 0 Å². The minimum atomic E-state index is 1.04. The van der Waals surface area contributed by atoms with E-state index in [1.807, 2.05) is 0 Å². The second-order valence-electron chi connectivity index (χ2n) is 4.12. The molecule has 0 aliphatic heterocycles. The Labute approximate surface area is 64.0 Å². The second-order valence-corrected chi connectivity index (χ2v) is 4.12. The van der Waals surface area contributed by atoms with Crippen molar-refractivity contribution in [3.8, 4) is 0 Å². The Morgan fingerprint density at radius 1 is 1.40 bits per heavy atom. The van der Waals surface area contributed by atoms with E-state index in [9.17, 15) is 0 Å². The van der Waals surface area contributed by atoms with Gasteiger partial charge in [-0.05, 0) is 56.3 Å². The monoisotopic (exact) mass is 137 g/mol. The first kappa shape index (κ1) is 6.69. The van der Waals surface area contributed by atoms with E-state index >= 15 is 0 Å². The van der Waals surface area contributed by atoms with Crippen LogP contribution in [0, 0.1) is 24.2 Å². The van der Waals surface area contributed by atoms with Crippen LogP contribution in [0.15, 0.2) is 0 Å². The van der Waals surface area contributed by atoms with Gasteiger partial charge in [-0.15, -0.1) is 0 Å². The summed E-state index contributed by atoms with van der Waals surface area (Å²) in [7, 11) is 0. The fourth-order valence-electron chi connectivity index (χ4n) is 1.68. The van der Waals surface area contributed by atoms with Crippen LogP contribution < -0.4 is 0 Å². The van der Waals surface area contributed by atoms with Crippen LogP contribution >= 0.6 is 0 Å². The number of rotatable bonds is 4. The first-order valence-corrected chi connectivity index (χ1v) is 4.69. The van der Waals surface area contributed by atoms with Gasteiger partial charge in [0.2, 0.25) is 0 Å². The van der Waals surface area contributed by atoms with Crippen molar-refractivity contribution in [1.29, 1.82) is 0 Å². The molecule has 2 saturated carbocycles. The molecule has 0 aromatic heterocycles. The van der Waals surface area contributed by atoms with Crippen molar-refractivity contribution in [2.24, 2.45) is 17.8 Å². The van der Waals surface area contributed by atoms with Gasteiger partial charge in [-0.25, -0.2) is 0 Å². The van der Waals surface area contributed by atoms with Crippen molar-refractivity contribution in [1.82, 2.24) is 0 Å². The molecule has 0 nitrogen and oxygen atoms in total. The quantitative estimate of drug-likeness (QED) is 0.558. The molecule has 0 heterocycles. The summed E-state index contributed by atoms with van der Waals surface area (Å²) >= 11 is 0. The van der Waals surface area contributed by atoms with Gasteiger partial charge >= 0.3 is 0 Å². The molecule has 2 aliphatic carbocycles. The molecule has 2 atom stereocenters. The molecule has 2 fully saturated rings. The predicted molar refractivity (Wildman–Crippen MR) is 43.5 cm³/mol. The zero-order valence-electron chi connectivity index (χ0n) is 6.84. The minimum Gasteiger partial charge on any atom is -0.0622 e. The Bertz CT molecular complexity index is 113. The fraction of sp³-hybridized carbons (Fsp3) is 0.900. The Hall–Kier alpha value is 0. The van der Waals surface area contributed by atoms with Gasteiger partial charge in [0, 0.05) is 0 Å². The average Bonchev–Trinajstić information content (AvgIpc) is 2.73. The van der Waals surface area contributed by atoms with E-state index in [2.05, 4.69) is 13.3 Å². The molecular weight excluding hydrogens is 120 g/mol. The third-order valence-corrected chi connectivity index (χ3v) is 2.94. The van der Waals surface area contributed by atoms with Crippen molar-refractivity contribution in [2.75, 3.05) is 0 Å². The molecule has 0 bridgehead atoms. The molecule has 0 aromatic rings. The first-order valence-electron chi connectivity index (χ1n) is 4.69. The van der Waals surface area contributed by atoms with Gasteiger partial charge in [-0.1, -0.05) is 6.92 Å². The normalized spacial score (nSPS) is 38.1. The van der Waals surface area contributed by atoms with Gasteiger partial charge in [0.05, 0.1) is 0 Å². The highest BCUT2D eigenvalue weighted by Gasteiger charge is 2.32. The van der Waals surface area contributed by atoms with Crippen LogP contribution in [-0.2, 0) is 0 Å². The third kappa shape index (κ3) is 1.74. The van der Waals surface area contributed by atoms with Gasteiger partial charge in [0.25, 0.3) is 0 Å². The van der Waals surface area contributed by atoms with Crippen LogP contribution in [0.5, 0.6) is 0 Å². The predicted octanol–water partition coefficient (Wildman–Crippen LogP) is 3.04. The Balaban J connectivity index is 1.48. The molecule has 2 rings (SSSR count). The SMILES string of the molecule is CC1CC1CC[CH]C1CC1. The van der Waals surface area contributed by atoms with Gasteiger partial charge in [0.1, 0.15) is 0 Å². The highest BCUT2D eigenvalue weighted by Crippen LogP contribution is 2.43. The Kier molecular flexibility index (Phi) is 1.71. The summed E-state index contributed by atoms with van der Waals surface area (Å²) in [5.41, 5.74) is 0. The summed E-state index contributed by atoms with van der Waals surface area (Å²) in [5.74, 6) is 3.21. The molecule has 0 heteroatoms. The molecule has 0 amide bonds. The van der Waals surface area contributed by atoms with E-state index < -0.39 is 0 Å². The highest BCUT2D eigenvalue weighted by molar-refractivity contribution is 4.90. The van der Waals surface area contributed by atoms with Crippen LogP contribution in [0.4, 0.5) is 0 Å². The topological polar surface area (TPSA) is 0 Å². The molecule has 57 valence electrons. The summed E-state index contributed by atoms with van der Waals surface area (Å²) in [6, 6.07) is 0. The van der Waals surface area contributed by atoms with Crippen molar-refractivity contribution >= 4 is 0 Å². The van der Waals surface area contributed by atoms with Gasteiger partial charge in [-0.3, -0.25) is 0 Å². The van der Waals surface area contributed by atoms with E-state index in [-0.39, 0.29) is 0 Å². The summed E-state index contributed by atoms with van der Waals surface area (Å²) in [5, 5.41) is 0. The van der Waals surface area contributed by atoms with E-state index in [1.165, 1.54) is 32.1 Å². The van der Waals surface area contributed by atoms with E-state index in [1.54, 1.807) is 0 Å². The first-order chi connectivity index (χ1) is 4.86. The van der Waals surface area contributed by atoms with Crippen LogP contribution in [0.2, 0.25) is 0 Å². The van der Waals surface area contributed by atoms with Gasteiger partial charge in [0.15, 0.2) is 0 Å². The van der Waals surface area contributed by atoms with Gasteiger partial charge in [-0.2, -0.15) is 0 Å². The molecule has 2 unspecified atom stereocenters. The lowest BCUT2D eigenvalue weighted by atomic mass is 10.1. The molecular formula is C10H17. The van der Waals surface area contributed by atoms with Crippen LogP contribution in [0.3, 0.4) is 0 Å². The van der Waals surface area contributed by atoms with Crippen molar-refractivity contribution < 1.29 is 0 Å². The molecule has 0 spiro atoms. The van der Waals surface area contributed by atoms with Crippen molar-refractivity contribution in [3.63, 3.8) is 0 Å². The fourth-order valence-corrected chi connectivity index (χ4v) is 1.68. The van der Waals surface area contributed by atoms with Gasteiger partial charge < -0.3 is 0 Å². The van der Waals surface area contributed by atoms with Crippen molar-refractivity contribution in [3.05, 3.63) is 6.42 Å². The maximum absolute atomic E-state index is 2.55. The average molecular weight is 137 g/mol. The van der Waals surface area contributed by atoms with Crippen LogP contribution in [0.1, 0.15) is 39.0 Å². The van der Waals surface area contributed by atoms with Crippen LogP contribution in [0.25, 0.3) is 0 Å². The largest absolute Gasteiger partial charge is 0.0622 e. The molecule has 0 N–H and O–H groups in total. The highest BCUT2D eigenvalue weighted by atomic mass is 14.4. The smallest absolute Gasteiger partial charge is 0.0355 e. The summed E-state index contributed by atoms with van der Waals surface area (Å²) in [6.07, 6.45) is 9.92. The maximum atomic E-state index is 2.55. The lowest BCUT2D eigenvalue weighted by Crippen LogP contribution is -1.83. The third-order valence-electron chi connectivity index (χ3n) is 2.94. The lowest BCUT2D eigenvalue weighted by molar-refractivity contribution is 0.649. The number of hydrogen-bond donors (Lipinski definition) is 0. The Morgan fingerprint density at radius 2 is 2.10 bits per heavy atom. The van der Waals surface area contributed by atoms with Crippen molar-refractivity contribution in [2.45, 2.75) is 39.0 Å². The minimum absolute atomic E-state index is 1.04. The molecule has 2 aliphatic rings.